The molecule has 0 spiro atoms. The zero-order valence-electron chi connectivity index (χ0n) is 19.8. The van der Waals surface area contributed by atoms with E-state index in [0.717, 1.165) is 42.0 Å². The summed E-state index contributed by atoms with van der Waals surface area (Å²) < 4.78 is 26.7. The minimum atomic E-state index is -1.42. The number of fused-ring (bicyclic) bond motifs is 1. The topological polar surface area (TPSA) is 93.0 Å². The molecule has 184 valence electrons. The van der Waals surface area contributed by atoms with Crippen molar-refractivity contribution in [3.05, 3.63) is 29.6 Å². The van der Waals surface area contributed by atoms with Gasteiger partial charge in [-0.05, 0) is 30.8 Å². The molecule has 3 aliphatic rings. The standard InChI is InChI=1S/C24H33FN6O3/c1-16(2)19-12-27-31-21(11-20(29-22(19)31)17-5-9-33-10-6-17)28-18-3-7-30(8-4-18)23(32)34-15-24(25)13-26-14-24/h5,11-12,16,18,26,28H,3-4,6-10,13-15H2,1-2H3. The number of likely N-dealkylation sites (tertiary alicyclic amines) is 1. The number of nitrogens with zero attached hydrogens (tertiary/aromatic N) is 4. The first-order valence-electron chi connectivity index (χ1n) is 12.2. The lowest BCUT2D eigenvalue weighted by atomic mass is 10.0. The number of anilines is 1. The van der Waals surface area contributed by atoms with Gasteiger partial charge in [-0.1, -0.05) is 19.9 Å². The maximum atomic E-state index is 14.1. The molecular weight excluding hydrogens is 439 g/mol. The molecule has 0 atom stereocenters. The maximum absolute atomic E-state index is 14.1. The Balaban J connectivity index is 1.28. The number of alkyl halides is 1. The van der Waals surface area contributed by atoms with E-state index in [1.165, 1.54) is 5.57 Å². The Labute approximate surface area is 198 Å². The number of piperidine rings is 1. The van der Waals surface area contributed by atoms with Crippen molar-refractivity contribution in [2.45, 2.75) is 50.7 Å². The summed E-state index contributed by atoms with van der Waals surface area (Å²) in [5.41, 5.74) is 2.71. The van der Waals surface area contributed by atoms with Crippen LogP contribution in [-0.2, 0) is 9.47 Å². The first-order valence-corrected chi connectivity index (χ1v) is 12.2. The second kappa shape index (κ2) is 9.50. The van der Waals surface area contributed by atoms with Crippen LogP contribution in [0.25, 0.3) is 11.2 Å². The van der Waals surface area contributed by atoms with Gasteiger partial charge in [-0.15, -0.1) is 0 Å². The molecule has 2 N–H and O–H groups in total. The van der Waals surface area contributed by atoms with Crippen molar-refractivity contribution >= 4 is 23.1 Å². The van der Waals surface area contributed by atoms with Crippen molar-refractivity contribution in [1.82, 2.24) is 24.8 Å². The summed E-state index contributed by atoms with van der Waals surface area (Å²) in [4.78, 5) is 19.0. The van der Waals surface area contributed by atoms with Crippen molar-refractivity contribution < 1.29 is 18.7 Å². The minimum absolute atomic E-state index is 0.182. The predicted molar refractivity (Wildman–Crippen MR) is 127 cm³/mol. The van der Waals surface area contributed by atoms with E-state index >= 15 is 0 Å². The summed E-state index contributed by atoms with van der Waals surface area (Å²) in [6, 6.07) is 2.25. The third-order valence-electron chi connectivity index (χ3n) is 6.86. The van der Waals surface area contributed by atoms with Crippen LogP contribution in [-0.4, -0.2) is 83.3 Å². The molecule has 9 nitrogen and oxygen atoms in total. The number of hydrogen-bond acceptors (Lipinski definition) is 7. The van der Waals surface area contributed by atoms with Gasteiger partial charge in [-0.25, -0.2) is 14.2 Å². The fourth-order valence-corrected chi connectivity index (χ4v) is 4.61. The van der Waals surface area contributed by atoms with Crippen molar-refractivity contribution in [1.29, 1.82) is 0 Å². The number of carbonyl (C=O) groups excluding carboxylic acids is 1. The molecule has 5 rings (SSSR count). The van der Waals surface area contributed by atoms with Crippen LogP contribution in [0.5, 0.6) is 0 Å². The van der Waals surface area contributed by atoms with Crippen LogP contribution in [0.3, 0.4) is 0 Å². The number of hydrogen-bond donors (Lipinski definition) is 2. The molecule has 1 amide bonds. The van der Waals surface area contributed by atoms with Crippen LogP contribution in [0.1, 0.15) is 50.3 Å². The molecule has 0 aliphatic carbocycles. The van der Waals surface area contributed by atoms with E-state index < -0.39 is 11.8 Å². The number of aromatic nitrogens is 3. The molecule has 34 heavy (non-hydrogen) atoms. The Morgan fingerprint density at radius 3 is 2.82 bits per heavy atom. The highest BCUT2D eigenvalue weighted by Gasteiger charge is 2.39. The zero-order valence-corrected chi connectivity index (χ0v) is 19.8. The van der Waals surface area contributed by atoms with Crippen LogP contribution >= 0.6 is 0 Å². The van der Waals surface area contributed by atoms with Crippen molar-refractivity contribution in [3.63, 3.8) is 0 Å². The van der Waals surface area contributed by atoms with Gasteiger partial charge in [0, 0.05) is 43.9 Å². The molecule has 0 radical (unpaired) electrons. The first kappa shape index (κ1) is 23.0. The summed E-state index contributed by atoms with van der Waals surface area (Å²) in [5.74, 6) is 1.21. The average molecular weight is 473 g/mol. The monoisotopic (exact) mass is 472 g/mol. The molecule has 3 aliphatic heterocycles. The molecule has 0 saturated carbocycles. The predicted octanol–water partition coefficient (Wildman–Crippen LogP) is 2.98. The number of amides is 1. The molecule has 2 aromatic heterocycles. The highest BCUT2D eigenvalue weighted by Crippen LogP contribution is 2.28. The van der Waals surface area contributed by atoms with E-state index in [1.807, 2.05) is 10.7 Å². The van der Waals surface area contributed by atoms with Crippen LogP contribution < -0.4 is 10.6 Å². The van der Waals surface area contributed by atoms with Gasteiger partial charge in [0.1, 0.15) is 12.4 Å². The van der Waals surface area contributed by atoms with Crippen molar-refractivity contribution in [2.75, 3.05) is 51.3 Å². The van der Waals surface area contributed by atoms with Gasteiger partial charge in [-0.3, -0.25) is 0 Å². The highest BCUT2D eigenvalue weighted by atomic mass is 19.1. The lowest BCUT2D eigenvalue weighted by molar-refractivity contribution is -0.00162. The largest absolute Gasteiger partial charge is 0.446 e. The van der Waals surface area contributed by atoms with E-state index in [9.17, 15) is 9.18 Å². The minimum Gasteiger partial charge on any atom is -0.446 e. The molecule has 0 bridgehead atoms. The van der Waals surface area contributed by atoms with E-state index in [2.05, 4.69) is 41.7 Å². The second-order valence-corrected chi connectivity index (χ2v) is 9.79. The first-order chi connectivity index (χ1) is 16.4. The smallest absolute Gasteiger partial charge is 0.409 e. The summed E-state index contributed by atoms with van der Waals surface area (Å²) in [6.07, 6.45) is 5.94. The van der Waals surface area contributed by atoms with Gasteiger partial charge in [0.2, 0.25) is 0 Å². The fraction of sp³-hybridized carbons (Fsp3) is 0.625. The normalized spacial score (nSPS) is 20.8. The Hall–Kier alpha value is -2.72. The Bertz CT molecular complexity index is 1070. The molecular formula is C24H33FN6O3. The van der Waals surface area contributed by atoms with E-state index in [0.29, 0.717) is 32.2 Å². The number of nitrogens with one attached hydrogen (secondary N) is 2. The van der Waals surface area contributed by atoms with Crippen LogP contribution in [0.2, 0.25) is 0 Å². The van der Waals surface area contributed by atoms with Crippen molar-refractivity contribution in [2.24, 2.45) is 0 Å². The summed E-state index contributed by atoms with van der Waals surface area (Å²) in [6.45, 7) is 7.02. The lowest BCUT2D eigenvalue weighted by Crippen LogP contribution is -2.59. The maximum Gasteiger partial charge on any atom is 0.409 e. The van der Waals surface area contributed by atoms with Crippen LogP contribution in [0.15, 0.2) is 18.3 Å². The van der Waals surface area contributed by atoms with Gasteiger partial charge < -0.3 is 25.0 Å². The number of carbonyl (C=O) groups is 1. The van der Waals surface area contributed by atoms with Gasteiger partial charge in [0.05, 0.1) is 25.1 Å². The Morgan fingerprint density at radius 1 is 1.38 bits per heavy atom. The Morgan fingerprint density at radius 2 is 2.18 bits per heavy atom. The highest BCUT2D eigenvalue weighted by molar-refractivity contribution is 5.70. The molecule has 0 unspecified atom stereocenters. The SMILES string of the molecule is CC(C)c1cnn2c(NC3CCN(C(=O)OCC4(F)CNC4)CC3)cc(C3=CCOCC3)nc12. The fourth-order valence-electron chi connectivity index (χ4n) is 4.61. The number of ether oxygens (including phenoxy) is 2. The Kier molecular flexibility index (Phi) is 6.44. The second-order valence-electron chi connectivity index (χ2n) is 9.79. The van der Waals surface area contributed by atoms with Crippen LogP contribution in [0, 0.1) is 0 Å². The molecule has 10 heteroatoms. The summed E-state index contributed by atoms with van der Waals surface area (Å²) >= 11 is 0. The lowest BCUT2D eigenvalue weighted by Gasteiger charge is -2.36. The average Bonchev–Trinajstić information content (AvgIpc) is 3.27. The number of halogens is 1. The molecule has 0 aromatic carbocycles. The summed E-state index contributed by atoms with van der Waals surface area (Å²) in [7, 11) is 0. The molecule has 2 saturated heterocycles. The summed E-state index contributed by atoms with van der Waals surface area (Å²) in [5, 5.41) is 11.1. The zero-order chi connectivity index (χ0) is 23.7. The quantitative estimate of drug-likeness (QED) is 0.668. The van der Waals surface area contributed by atoms with Gasteiger partial charge in [-0.2, -0.15) is 9.61 Å². The van der Waals surface area contributed by atoms with Gasteiger partial charge in [0.15, 0.2) is 11.3 Å². The van der Waals surface area contributed by atoms with E-state index in [4.69, 9.17) is 14.5 Å². The third kappa shape index (κ3) is 4.74. The third-order valence-corrected chi connectivity index (χ3v) is 6.86. The number of rotatable bonds is 6. The van der Waals surface area contributed by atoms with Gasteiger partial charge >= 0.3 is 6.09 Å². The van der Waals surface area contributed by atoms with Crippen LogP contribution in [0.4, 0.5) is 15.0 Å². The van der Waals surface area contributed by atoms with Crippen molar-refractivity contribution in [3.8, 4) is 0 Å². The van der Waals surface area contributed by atoms with E-state index in [-0.39, 0.29) is 25.7 Å². The molecule has 5 heterocycles. The van der Waals surface area contributed by atoms with Gasteiger partial charge in [0.25, 0.3) is 0 Å². The molecule has 2 fully saturated rings. The van der Waals surface area contributed by atoms with E-state index in [1.54, 1.807) is 4.90 Å². The molecule has 2 aromatic rings.